The summed E-state index contributed by atoms with van der Waals surface area (Å²) in [7, 11) is 0. The molecule has 16 heteroatoms. The van der Waals surface area contributed by atoms with Crippen LogP contribution in [0.25, 0.3) is 86.6 Å². The molecule has 0 aliphatic carbocycles. The van der Waals surface area contributed by atoms with Gasteiger partial charge >= 0.3 is 0 Å². The zero-order valence-corrected chi connectivity index (χ0v) is 32.8. The van der Waals surface area contributed by atoms with Crippen molar-refractivity contribution in [1.29, 1.82) is 0 Å². The maximum atomic E-state index is 15.6. The van der Waals surface area contributed by atoms with Crippen molar-refractivity contribution in [3.63, 3.8) is 0 Å². The molecule has 0 spiro atoms. The average Bonchev–Trinajstić information content (AvgIpc) is 3.97. The molecule has 0 N–H and O–H groups in total. The van der Waals surface area contributed by atoms with Gasteiger partial charge in [-0.25, -0.2) is 55.1 Å². The van der Waals surface area contributed by atoms with Gasteiger partial charge in [-0.1, -0.05) is 41.5 Å². The SMILES string of the molecule is CCc1cc(-c2c3nc4c(=O)c5c(F)c(F)c(F)c(F)c5c4nc3c(-c3cc(CC)c(C(C)C)s3)c3nc4c(=O)c5c(F)c(F)c(F)c(F)c5c4nc23)sc1C(C)C. The largest absolute Gasteiger partial charge is 0.287 e. The van der Waals surface area contributed by atoms with Crippen molar-refractivity contribution in [3.05, 3.63) is 100.0 Å². The molecule has 0 saturated heterocycles. The summed E-state index contributed by atoms with van der Waals surface area (Å²) in [5.74, 6) is -16.3. The van der Waals surface area contributed by atoms with Crippen LogP contribution in [0.2, 0.25) is 0 Å². The number of rotatable bonds is 6. The van der Waals surface area contributed by atoms with E-state index in [1.54, 1.807) is 0 Å². The number of aromatic nitrogens is 4. The first kappa shape index (κ1) is 38.1. The average molecular weight is 835 g/mol. The molecule has 4 heterocycles. The summed E-state index contributed by atoms with van der Waals surface area (Å²) in [5, 5.41) is -4.07. The number of halogens is 8. The number of nitrogens with zero attached hydrogens (tertiary/aromatic N) is 4. The highest BCUT2D eigenvalue weighted by Crippen LogP contribution is 2.49. The highest BCUT2D eigenvalue weighted by molar-refractivity contribution is 7.16. The highest BCUT2D eigenvalue weighted by Gasteiger charge is 2.33. The smallest absolute Gasteiger partial charge is 0.217 e. The maximum absolute atomic E-state index is 15.6. The van der Waals surface area contributed by atoms with Gasteiger partial charge in [0.2, 0.25) is 10.9 Å². The zero-order chi connectivity index (χ0) is 41.5. The molecule has 58 heavy (non-hydrogen) atoms. The number of aryl methyl sites for hydroxylation is 2. The van der Waals surface area contributed by atoms with Gasteiger partial charge in [0.15, 0.2) is 46.5 Å². The van der Waals surface area contributed by atoms with E-state index in [1.165, 1.54) is 22.7 Å². The van der Waals surface area contributed by atoms with E-state index in [2.05, 4.69) is 9.97 Å². The lowest BCUT2D eigenvalue weighted by Crippen LogP contribution is -2.05. The van der Waals surface area contributed by atoms with Gasteiger partial charge in [-0.2, -0.15) is 0 Å². The van der Waals surface area contributed by atoms with E-state index in [0.29, 0.717) is 22.6 Å². The summed E-state index contributed by atoms with van der Waals surface area (Å²) in [4.78, 5) is 49.1. The topological polar surface area (TPSA) is 85.7 Å². The lowest BCUT2D eigenvalue weighted by Gasteiger charge is -2.14. The minimum absolute atomic E-state index is 0.00420. The Hall–Kier alpha value is -5.48. The molecular weight excluding hydrogens is 809 g/mol. The monoisotopic (exact) mass is 834 g/mol. The summed E-state index contributed by atoms with van der Waals surface area (Å²) in [5.41, 5.74) is -3.29. The van der Waals surface area contributed by atoms with Crippen LogP contribution in [0.1, 0.15) is 74.3 Å². The van der Waals surface area contributed by atoms with Crippen LogP contribution in [-0.2, 0) is 12.8 Å². The van der Waals surface area contributed by atoms with Crippen molar-refractivity contribution in [2.75, 3.05) is 0 Å². The van der Waals surface area contributed by atoms with Crippen LogP contribution in [0.4, 0.5) is 35.1 Å². The van der Waals surface area contributed by atoms with Crippen LogP contribution in [-0.4, -0.2) is 19.9 Å². The van der Waals surface area contributed by atoms with E-state index in [1.807, 2.05) is 53.7 Å². The zero-order valence-electron chi connectivity index (χ0n) is 31.2. The molecule has 9 rings (SSSR count). The molecule has 0 aliphatic rings. The standard InChI is InChI=1S/C42H26F8N4O2S2/c1-7-13-9-15(57-41(13)11(3)4)17-31-34(54-38-35(51-31)19-21(40(38)56)25(45)29(49)27(47)23(19)43)18(16-10-14(8-2)42(58-16)12(5)6)32-33(17)53-37-36(52-32)20-22(39(37)55)26(46)30(50)28(48)24(20)44/h9-12H,7-8H2,1-6H3. The van der Waals surface area contributed by atoms with Gasteiger partial charge in [0, 0.05) is 30.6 Å². The van der Waals surface area contributed by atoms with E-state index in [4.69, 9.17) is 9.97 Å². The van der Waals surface area contributed by atoms with Crippen molar-refractivity contribution >= 4 is 88.4 Å². The molecule has 9 aromatic rings. The molecule has 0 atom stereocenters. The van der Waals surface area contributed by atoms with Gasteiger partial charge in [0.25, 0.3) is 0 Å². The molecule has 6 nitrogen and oxygen atoms in total. The van der Waals surface area contributed by atoms with Gasteiger partial charge < -0.3 is 0 Å². The fourth-order valence-corrected chi connectivity index (χ4v) is 10.6. The van der Waals surface area contributed by atoms with Gasteiger partial charge in [-0.05, 0) is 47.9 Å². The maximum Gasteiger partial charge on any atom is 0.217 e. The molecule has 4 aromatic heterocycles. The van der Waals surface area contributed by atoms with Crippen molar-refractivity contribution in [3.8, 4) is 20.9 Å². The second-order valence-corrected chi connectivity index (χ2v) is 16.8. The number of thiophene rings is 2. The van der Waals surface area contributed by atoms with Crippen LogP contribution in [0.15, 0.2) is 21.7 Å². The second kappa shape index (κ2) is 13.0. The van der Waals surface area contributed by atoms with Crippen LogP contribution < -0.4 is 10.9 Å². The number of fused-ring (bicyclic) bond motifs is 8. The Morgan fingerprint density at radius 2 is 0.741 bits per heavy atom. The third-order valence-corrected chi connectivity index (χ3v) is 13.6. The summed E-state index contributed by atoms with van der Waals surface area (Å²) in [6.45, 7) is 11.7. The van der Waals surface area contributed by atoms with E-state index in [-0.39, 0.29) is 45.0 Å². The van der Waals surface area contributed by atoms with E-state index in [0.717, 1.165) is 20.9 Å². The third-order valence-electron chi connectivity index (χ3n) is 10.6. The Morgan fingerprint density at radius 1 is 0.448 bits per heavy atom. The number of hydrogen-bond acceptors (Lipinski definition) is 8. The van der Waals surface area contributed by atoms with Crippen LogP contribution >= 0.6 is 22.7 Å². The molecule has 0 bridgehead atoms. The molecule has 5 aromatic carbocycles. The molecule has 0 radical (unpaired) electrons. The number of benzene rings is 3. The molecule has 0 amide bonds. The number of hydrogen-bond donors (Lipinski definition) is 0. The minimum Gasteiger partial charge on any atom is -0.287 e. The first-order valence-corrected chi connectivity index (χ1v) is 19.8. The van der Waals surface area contributed by atoms with Crippen LogP contribution in [0.5, 0.6) is 0 Å². The molecular formula is C42H26F8N4O2S2. The van der Waals surface area contributed by atoms with Gasteiger partial charge in [0.05, 0.1) is 21.5 Å². The molecule has 0 fully saturated rings. The normalized spacial score (nSPS) is 12.6. The van der Waals surface area contributed by atoms with Gasteiger partial charge in [0.1, 0.15) is 44.1 Å². The van der Waals surface area contributed by atoms with Crippen molar-refractivity contribution in [2.45, 2.75) is 66.2 Å². The minimum atomic E-state index is -2.19. The summed E-state index contributed by atoms with van der Waals surface area (Å²) < 4.78 is 121. The van der Waals surface area contributed by atoms with Gasteiger partial charge in [-0.3, -0.25) is 9.59 Å². The lowest BCUT2D eigenvalue weighted by molar-refractivity contribution is 0.418. The Bertz CT molecular complexity index is 3200. The predicted molar refractivity (Wildman–Crippen MR) is 211 cm³/mol. The Kier molecular flexibility index (Phi) is 8.54. The Morgan fingerprint density at radius 3 is 1.02 bits per heavy atom. The highest BCUT2D eigenvalue weighted by atomic mass is 32.1. The van der Waals surface area contributed by atoms with Crippen molar-refractivity contribution < 1.29 is 35.1 Å². The molecule has 0 saturated carbocycles. The van der Waals surface area contributed by atoms with E-state index < -0.39 is 101 Å². The van der Waals surface area contributed by atoms with Crippen LogP contribution in [0, 0.1) is 46.5 Å². The Labute approximate surface area is 329 Å². The molecule has 294 valence electrons. The lowest BCUT2D eigenvalue weighted by atomic mass is 9.99. The van der Waals surface area contributed by atoms with Crippen LogP contribution in [0.3, 0.4) is 0 Å². The summed E-state index contributed by atoms with van der Waals surface area (Å²) >= 11 is 2.61. The summed E-state index contributed by atoms with van der Waals surface area (Å²) in [6.07, 6.45) is 1.13. The first-order chi connectivity index (χ1) is 27.5. The van der Waals surface area contributed by atoms with Gasteiger partial charge in [-0.15, -0.1) is 22.7 Å². The first-order valence-electron chi connectivity index (χ1n) is 18.2. The second-order valence-electron chi connectivity index (χ2n) is 14.7. The van der Waals surface area contributed by atoms with Crippen molar-refractivity contribution in [2.24, 2.45) is 0 Å². The fourth-order valence-electron chi connectivity index (χ4n) is 7.96. The predicted octanol–water partition coefficient (Wildman–Crippen LogP) is 11.7. The van der Waals surface area contributed by atoms with E-state index in [9.17, 15) is 27.2 Å². The Balaban J connectivity index is 1.61. The fraction of sp³-hybridized carbons (Fsp3) is 0.238. The van der Waals surface area contributed by atoms with Crippen molar-refractivity contribution in [1.82, 2.24) is 19.9 Å². The molecule has 0 unspecified atom stereocenters. The van der Waals surface area contributed by atoms with E-state index >= 15 is 17.6 Å². The molecule has 0 aliphatic heterocycles. The quantitative estimate of drug-likeness (QED) is 0.0718. The third kappa shape index (κ3) is 4.93. The summed E-state index contributed by atoms with van der Waals surface area (Å²) in [6, 6.07) is 3.65.